The Morgan fingerprint density at radius 3 is 2.77 bits per heavy atom. The van der Waals surface area contributed by atoms with Gasteiger partial charge in [0.1, 0.15) is 0 Å². The molecule has 0 atom stereocenters. The zero-order valence-corrected chi connectivity index (χ0v) is 13.9. The van der Waals surface area contributed by atoms with Gasteiger partial charge in [-0.05, 0) is 18.6 Å². The molecule has 1 aromatic rings. The minimum atomic E-state index is -0.400. The molecular weight excluding hydrogens is 298 g/mol. The minimum absolute atomic E-state index is 0.0279. The highest BCUT2D eigenvalue weighted by Crippen LogP contribution is 2.33. The van der Waals surface area contributed by atoms with Gasteiger partial charge in [0.2, 0.25) is 0 Å². The summed E-state index contributed by atoms with van der Waals surface area (Å²) in [6.07, 6.45) is 3.19. The third-order valence-corrected chi connectivity index (χ3v) is 4.44. The Bertz CT molecular complexity index is 647. The molecule has 1 aliphatic heterocycles. The second kappa shape index (κ2) is 7.31. The third-order valence-electron chi connectivity index (χ3n) is 3.27. The molecule has 0 amide bonds. The van der Waals surface area contributed by atoms with Crippen LogP contribution in [0.1, 0.15) is 22.8 Å². The molecule has 22 heavy (non-hydrogen) atoms. The monoisotopic (exact) mass is 318 g/mol. The maximum atomic E-state index is 12.5. The highest BCUT2D eigenvalue weighted by molar-refractivity contribution is 8.03. The highest BCUT2D eigenvalue weighted by atomic mass is 32.2. The number of benzene rings is 1. The fraction of sp³-hybridized carbons (Fsp3) is 0.294. The maximum Gasteiger partial charge on any atom is 0.332 e. The maximum absolute atomic E-state index is 12.5. The summed E-state index contributed by atoms with van der Waals surface area (Å²) in [7, 11) is 3.67. The van der Waals surface area contributed by atoms with Crippen molar-refractivity contribution in [2.24, 2.45) is 0 Å². The molecule has 0 spiro atoms. The number of nitrogens with zero attached hydrogens (tertiary/aromatic N) is 1. The molecular formula is C17H20NO3S. The summed E-state index contributed by atoms with van der Waals surface area (Å²) in [5.41, 5.74) is 2.49. The van der Waals surface area contributed by atoms with E-state index in [0.717, 1.165) is 28.6 Å². The van der Waals surface area contributed by atoms with Crippen LogP contribution >= 0.6 is 11.8 Å². The van der Waals surface area contributed by atoms with E-state index in [4.69, 9.17) is 4.74 Å². The van der Waals surface area contributed by atoms with Gasteiger partial charge >= 0.3 is 5.97 Å². The van der Waals surface area contributed by atoms with Crippen molar-refractivity contribution in [3.8, 4) is 0 Å². The fourth-order valence-corrected chi connectivity index (χ4v) is 3.22. The third kappa shape index (κ3) is 3.80. The summed E-state index contributed by atoms with van der Waals surface area (Å²) in [6.45, 7) is 2.09. The Kier molecular flexibility index (Phi) is 5.44. The van der Waals surface area contributed by atoms with Crippen molar-refractivity contribution in [3.63, 3.8) is 0 Å². The molecule has 1 aliphatic rings. The summed E-state index contributed by atoms with van der Waals surface area (Å²) in [4.78, 5) is 26.7. The normalized spacial score (nSPS) is 16.4. The molecule has 0 aliphatic carbocycles. The van der Waals surface area contributed by atoms with Gasteiger partial charge in [-0.2, -0.15) is 11.8 Å². The predicted octanol–water partition coefficient (Wildman–Crippen LogP) is 2.74. The van der Waals surface area contributed by atoms with E-state index in [9.17, 15) is 9.59 Å². The summed E-state index contributed by atoms with van der Waals surface area (Å²) >= 11 is 0.954. The van der Waals surface area contributed by atoms with Gasteiger partial charge in [0.25, 0.3) is 0 Å². The molecule has 0 bridgehead atoms. The van der Waals surface area contributed by atoms with Crippen molar-refractivity contribution in [3.05, 3.63) is 58.1 Å². The van der Waals surface area contributed by atoms with E-state index in [1.807, 2.05) is 38.4 Å². The van der Waals surface area contributed by atoms with Crippen LogP contribution in [0, 0.1) is 0 Å². The van der Waals surface area contributed by atoms with Crippen LogP contribution in [0.25, 0.3) is 0 Å². The van der Waals surface area contributed by atoms with Crippen molar-refractivity contribution >= 4 is 23.5 Å². The molecule has 0 N–H and O–H groups in total. The number of ketones is 1. The van der Waals surface area contributed by atoms with E-state index in [1.54, 1.807) is 17.9 Å². The lowest BCUT2D eigenvalue weighted by molar-refractivity contribution is -0.137. The standard InChI is InChI=1S/C17H20NO3S/c1-4-21-16(19)10-13(18(2)3)9-15-17(20)14-8-6-5-7-12(14)11-22-15/h5-10,22H,4,11H2,1-3H3. The molecule has 5 heteroatoms. The van der Waals surface area contributed by atoms with E-state index < -0.39 is 5.97 Å². The van der Waals surface area contributed by atoms with Crippen LogP contribution in [0.5, 0.6) is 0 Å². The first-order valence-corrected chi connectivity index (χ1v) is 8.18. The van der Waals surface area contributed by atoms with Crippen LogP contribution in [-0.4, -0.2) is 37.4 Å². The Balaban J connectivity index is 2.31. The first-order chi connectivity index (χ1) is 10.5. The van der Waals surface area contributed by atoms with Crippen LogP contribution in [0.2, 0.25) is 0 Å². The summed E-state index contributed by atoms with van der Waals surface area (Å²) in [6, 6.07) is 7.66. The van der Waals surface area contributed by atoms with Crippen LogP contribution < -0.4 is 0 Å². The van der Waals surface area contributed by atoms with Crippen LogP contribution in [0.3, 0.4) is 0 Å². The number of likely N-dealkylation sites (N-methyl/N-ethyl adjacent to an activating group) is 1. The summed E-state index contributed by atoms with van der Waals surface area (Å²) in [5, 5.41) is 0. The van der Waals surface area contributed by atoms with Gasteiger partial charge < -0.3 is 9.64 Å². The average molecular weight is 318 g/mol. The van der Waals surface area contributed by atoms with E-state index in [-0.39, 0.29) is 5.78 Å². The van der Waals surface area contributed by atoms with Gasteiger partial charge in [-0.25, -0.2) is 4.79 Å². The first-order valence-electron chi connectivity index (χ1n) is 7.10. The van der Waals surface area contributed by atoms with Gasteiger partial charge in [-0.15, -0.1) is 0 Å². The average Bonchev–Trinajstić information content (AvgIpc) is 2.49. The molecule has 0 saturated carbocycles. The molecule has 2 rings (SSSR count). The number of carbonyl (C=O) groups is 2. The van der Waals surface area contributed by atoms with Gasteiger partial charge in [-0.3, -0.25) is 4.79 Å². The quantitative estimate of drug-likeness (QED) is 0.527. The number of thiol groups is 1. The molecule has 1 radical (unpaired) electrons. The summed E-state index contributed by atoms with van der Waals surface area (Å²) < 4.78 is 4.94. The lowest BCUT2D eigenvalue weighted by Crippen LogP contribution is -2.15. The van der Waals surface area contributed by atoms with E-state index in [1.165, 1.54) is 6.08 Å². The van der Waals surface area contributed by atoms with Crippen molar-refractivity contribution < 1.29 is 14.3 Å². The number of hydrogen-bond donors (Lipinski definition) is 1. The number of esters is 1. The molecule has 1 aromatic carbocycles. The smallest absolute Gasteiger partial charge is 0.332 e. The summed E-state index contributed by atoms with van der Waals surface area (Å²) in [5.74, 6) is 0.442. The Morgan fingerprint density at radius 1 is 1.36 bits per heavy atom. The number of fused-ring (bicyclic) bond motifs is 1. The number of allylic oxidation sites excluding steroid dienone is 2. The van der Waals surface area contributed by atoms with Crippen molar-refractivity contribution in [2.75, 3.05) is 20.7 Å². The van der Waals surface area contributed by atoms with Gasteiger partial charge in [0.15, 0.2) is 5.78 Å². The molecule has 117 valence electrons. The van der Waals surface area contributed by atoms with Gasteiger partial charge in [0, 0.05) is 42.1 Å². The second-order valence-electron chi connectivity index (χ2n) is 5.05. The number of ether oxygens (including phenoxy) is 1. The minimum Gasteiger partial charge on any atom is -0.463 e. The lowest BCUT2D eigenvalue weighted by atomic mass is 10.0. The van der Waals surface area contributed by atoms with Crippen molar-refractivity contribution in [2.45, 2.75) is 12.7 Å². The molecule has 0 saturated heterocycles. The predicted molar refractivity (Wildman–Crippen MR) is 89.9 cm³/mol. The van der Waals surface area contributed by atoms with Gasteiger partial charge in [0.05, 0.1) is 6.61 Å². The molecule has 0 unspecified atom stereocenters. The van der Waals surface area contributed by atoms with Crippen molar-refractivity contribution in [1.82, 2.24) is 4.90 Å². The SMILES string of the molecule is CCOC(=O)C=C(C=C1[SH]Cc2ccccc2C1=O)N(C)C. The Morgan fingerprint density at radius 2 is 2.09 bits per heavy atom. The van der Waals surface area contributed by atoms with Crippen LogP contribution in [0.15, 0.2) is 47.0 Å². The Hall–Kier alpha value is -2.01. The highest BCUT2D eigenvalue weighted by Gasteiger charge is 2.21. The van der Waals surface area contributed by atoms with E-state index in [2.05, 4.69) is 0 Å². The number of hydrogen-bond acceptors (Lipinski definition) is 4. The molecule has 0 aromatic heterocycles. The number of Topliss-reactive ketones (excluding diaryl/α,β-unsaturated/α-hetero) is 1. The van der Waals surface area contributed by atoms with E-state index >= 15 is 0 Å². The largest absolute Gasteiger partial charge is 0.463 e. The zero-order chi connectivity index (χ0) is 16.1. The molecule has 0 fully saturated rings. The topological polar surface area (TPSA) is 46.6 Å². The van der Waals surface area contributed by atoms with Crippen LogP contribution in [0.4, 0.5) is 0 Å². The van der Waals surface area contributed by atoms with E-state index in [0.29, 0.717) is 17.2 Å². The zero-order valence-electron chi connectivity index (χ0n) is 13.0. The second-order valence-corrected chi connectivity index (χ2v) is 6.16. The molecule has 4 nitrogen and oxygen atoms in total. The lowest BCUT2D eigenvalue weighted by Gasteiger charge is -2.20. The Labute approximate surface area is 134 Å². The number of carbonyl (C=O) groups excluding carboxylic acids is 2. The fourth-order valence-electron chi connectivity index (χ4n) is 2.12. The van der Waals surface area contributed by atoms with Crippen molar-refractivity contribution in [1.29, 1.82) is 0 Å². The number of rotatable bonds is 4. The van der Waals surface area contributed by atoms with Gasteiger partial charge in [-0.1, -0.05) is 24.3 Å². The molecule has 1 heterocycles. The first kappa shape index (κ1) is 16.4. The van der Waals surface area contributed by atoms with Crippen LogP contribution in [-0.2, 0) is 15.3 Å².